The van der Waals surface area contributed by atoms with Crippen LogP contribution in [0.1, 0.15) is 18.1 Å². The van der Waals surface area contributed by atoms with Gasteiger partial charge < -0.3 is 9.47 Å². The summed E-state index contributed by atoms with van der Waals surface area (Å²) < 4.78 is 10.9. The van der Waals surface area contributed by atoms with Crippen LogP contribution in [0.5, 0.6) is 11.5 Å². The summed E-state index contributed by atoms with van der Waals surface area (Å²) in [5.74, 6) is 1.73. The molecular weight excluding hydrogens is 176 g/mol. The molecule has 0 heterocycles. The smallest absolute Gasteiger partial charge is 0.165 e. The quantitative estimate of drug-likeness (QED) is 0.729. The van der Waals surface area contributed by atoms with Crippen LogP contribution in [-0.2, 0) is 6.42 Å². The third-order valence-electron chi connectivity index (χ3n) is 2.39. The van der Waals surface area contributed by atoms with Crippen LogP contribution in [0, 0.1) is 0 Å². The van der Waals surface area contributed by atoms with Crippen molar-refractivity contribution in [3.05, 3.63) is 29.3 Å². The molecule has 2 rings (SSSR count). The normalized spacial score (nSPS) is 12.7. The lowest BCUT2D eigenvalue weighted by molar-refractivity contribution is 0.308. The molecule has 0 saturated carbocycles. The first-order valence-electron chi connectivity index (χ1n) is 4.86. The maximum atomic E-state index is 5.61. The largest absolute Gasteiger partial charge is 0.493 e. The van der Waals surface area contributed by atoms with Crippen LogP contribution in [0.25, 0.3) is 6.08 Å². The zero-order valence-electron chi connectivity index (χ0n) is 8.54. The molecule has 2 heteroatoms. The second kappa shape index (κ2) is 3.74. The summed E-state index contributed by atoms with van der Waals surface area (Å²) in [6, 6.07) is 4.03. The van der Waals surface area contributed by atoms with E-state index in [1.54, 1.807) is 7.11 Å². The van der Waals surface area contributed by atoms with E-state index in [-0.39, 0.29) is 0 Å². The van der Waals surface area contributed by atoms with Gasteiger partial charge in [-0.2, -0.15) is 0 Å². The van der Waals surface area contributed by atoms with Gasteiger partial charge in [0.25, 0.3) is 0 Å². The Morgan fingerprint density at radius 1 is 1.36 bits per heavy atom. The summed E-state index contributed by atoms with van der Waals surface area (Å²) in [5.41, 5.74) is 2.49. The van der Waals surface area contributed by atoms with Gasteiger partial charge in [-0.3, -0.25) is 0 Å². The number of benzene rings is 1. The fourth-order valence-electron chi connectivity index (χ4n) is 1.76. The Hall–Kier alpha value is -1.44. The average Bonchev–Trinajstić information content (AvgIpc) is 2.67. The first-order valence-corrected chi connectivity index (χ1v) is 4.86. The Kier molecular flexibility index (Phi) is 2.44. The first kappa shape index (κ1) is 9.13. The van der Waals surface area contributed by atoms with Gasteiger partial charge in [0.05, 0.1) is 13.7 Å². The molecule has 1 aliphatic rings. The van der Waals surface area contributed by atoms with Gasteiger partial charge in [-0.05, 0) is 25.0 Å². The van der Waals surface area contributed by atoms with E-state index in [1.807, 2.05) is 13.0 Å². The lowest BCUT2D eigenvalue weighted by atomic mass is 10.1. The van der Waals surface area contributed by atoms with E-state index >= 15 is 0 Å². The molecular formula is C12H14O2. The van der Waals surface area contributed by atoms with E-state index in [2.05, 4.69) is 18.2 Å². The first-order chi connectivity index (χ1) is 6.86. The van der Waals surface area contributed by atoms with Crippen LogP contribution < -0.4 is 9.47 Å². The van der Waals surface area contributed by atoms with Crippen LogP contribution in [0.15, 0.2) is 18.2 Å². The van der Waals surface area contributed by atoms with Crippen LogP contribution >= 0.6 is 0 Å². The topological polar surface area (TPSA) is 18.5 Å². The second-order valence-electron chi connectivity index (χ2n) is 3.20. The molecule has 1 aliphatic carbocycles. The lowest BCUT2D eigenvalue weighted by Crippen LogP contribution is -1.99. The van der Waals surface area contributed by atoms with E-state index in [4.69, 9.17) is 9.47 Å². The van der Waals surface area contributed by atoms with Crippen molar-refractivity contribution in [3.63, 3.8) is 0 Å². The molecule has 0 amide bonds. The standard InChI is InChI=1S/C12H14O2/c1-3-14-12-10-6-4-5-9(10)7-8-11(12)13-2/h4-5,7-8H,3,6H2,1-2H3. The number of rotatable bonds is 3. The molecule has 0 radical (unpaired) electrons. The van der Waals surface area contributed by atoms with Crippen LogP contribution in [0.4, 0.5) is 0 Å². The molecule has 14 heavy (non-hydrogen) atoms. The highest BCUT2D eigenvalue weighted by Gasteiger charge is 2.15. The molecule has 0 saturated heterocycles. The van der Waals surface area contributed by atoms with E-state index in [0.717, 1.165) is 17.9 Å². The maximum absolute atomic E-state index is 5.61. The molecule has 1 aromatic rings. The number of methoxy groups -OCH3 is 1. The number of hydrogen-bond acceptors (Lipinski definition) is 2. The number of ether oxygens (including phenoxy) is 2. The van der Waals surface area contributed by atoms with Crippen molar-refractivity contribution in [2.45, 2.75) is 13.3 Å². The fourth-order valence-corrected chi connectivity index (χ4v) is 1.76. The van der Waals surface area contributed by atoms with Gasteiger partial charge in [-0.25, -0.2) is 0 Å². The molecule has 2 nitrogen and oxygen atoms in total. The molecule has 0 fully saturated rings. The van der Waals surface area contributed by atoms with Gasteiger partial charge in [-0.15, -0.1) is 0 Å². The van der Waals surface area contributed by atoms with Gasteiger partial charge in [0.1, 0.15) is 0 Å². The van der Waals surface area contributed by atoms with Crippen molar-refractivity contribution in [1.82, 2.24) is 0 Å². The summed E-state index contributed by atoms with van der Waals surface area (Å²) in [5, 5.41) is 0. The van der Waals surface area contributed by atoms with E-state index in [0.29, 0.717) is 6.61 Å². The predicted octanol–water partition coefficient (Wildman–Crippen LogP) is 2.66. The van der Waals surface area contributed by atoms with Crippen molar-refractivity contribution < 1.29 is 9.47 Å². The number of hydrogen-bond donors (Lipinski definition) is 0. The van der Waals surface area contributed by atoms with Gasteiger partial charge >= 0.3 is 0 Å². The van der Waals surface area contributed by atoms with E-state index in [9.17, 15) is 0 Å². The highest BCUT2D eigenvalue weighted by atomic mass is 16.5. The predicted molar refractivity (Wildman–Crippen MR) is 56.9 cm³/mol. The molecule has 0 bridgehead atoms. The second-order valence-corrected chi connectivity index (χ2v) is 3.20. The van der Waals surface area contributed by atoms with Crippen molar-refractivity contribution in [2.24, 2.45) is 0 Å². The van der Waals surface area contributed by atoms with E-state index in [1.165, 1.54) is 11.1 Å². The summed E-state index contributed by atoms with van der Waals surface area (Å²) in [4.78, 5) is 0. The van der Waals surface area contributed by atoms with Crippen LogP contribution in [0.2, 0.25) is 0 Å². The monoisotopic (exact) mass is 190 g/mol. The minimum absolute atomic E-state index is 0.673. The molecule has 0 atom stereocenters. The zero-order chi connectivity index (χ0) is 9.97. The number of allylic oxidation sites excluding steroid dienone is 1. The van der Waals surface area contributed by atoms with Gasteiger partial charge in [0, 0.05) is 5.56 Å². The third kappa shape index (κ3) is 1.37. The Bertz CT molecular complexity index is 367. The average molecular weight is 190 g/mol. The third-order valence-corrected chi connectivity index (χ3v) is 2.39. The van der Waals surface area contributed by atoms with Crippen molar-refractivity contribution in [1.29, 1.82) is 0 Å². The Labute approximate surface area is 84.2 Å². The summed E-state index contributed by atoms with van der Waals surface area (Å²) in [7, 11) is 1.67. The van der Waals surface area contributed by atoms with Crippen molar-refractivity contribution in [2.75, 3.05) is 13.7 Å². The molecule has 0 unspecified atom stereocenters. The SMILES string of the molecule is CCOc1c(OC)ccc2c1CC=C2. The Morgan fingerprint density at radius 2 is 2.21 bits per heavy atom. The summed E-state index contributed by atoms with van der Waals surface area (Å²) >= 11 is 0. The van der Waals surface area contributed by atoms with E-state index < -0.39 is 0 Å². The Morgan fingerprint density at radius 3 is 2.93 bits per heavy atom. The molecule has 0 spiro atoms. The molecule has 0 aromatic heterocycles. The molecule has 74 valence electrons. The van der Waals surface area contributed by atoms with Crippen molar-refractivity contribution >= 4 is 6.08 Å². The van der Waals surface area contributed by atoms with Gasteiger partial charge in [0.2, 0.25) is 0 Å². The van der Waals surface area contributed by atoms with Crippen molar-refractivity contribution in [3.8, 4) is 11.5 Å². The van der Waals surface area contributed by atoms with Crippen LogP contribution in [-0.4, -0.2) is 13.7 Å². The minimum Gasteiger partial charge on any atom is -0.493 e. The summed E-state index contributed by atoms with van der Waals surface area (Å²) in [6.45, 7) is 2.66. The van der Waals surface area contributed by atoms with Crippen LogP contribution in [0.3, 0.4) is 0 Å². The highest BCUT2D eigenvalue weighted by Crippen LogP contribution is 2.37. The zero-order valence-corrected chi connectivity index (χ0v) is 8.54. The molecule has 1 aromatic carbocycles. The lowest BCUT2D eigenvalue weighted by Gasteiger charge is -2.13. The molecule has 0 N–H and O–H groups in total. The molecule has 0 aliphatic heterocycles. The fraction of sp³-hybridized carbons (Fsp3) is 0.333. The van der Waals surface area contributed by atoms with Gasteiger partial charge in [0.15, 0.2) is 11.5 Å². The minimum atomic E-state index is 0.673. The maximum Gasteiger partial charge on any atom is 0.165 e. The van der Waals surface area contributed by atoms with Gasteiger partial charge in [-0.1, -0.05) is 18.2 Å². The summed E-state index contributed by atoms with van der Waals surface area (Å²) in [6.07, 6.45) is 5.21. The Balaban J connectivity index is 2.47. The number of fused-ring (bicyclic) bond motifs is 1. The highest BCUT2D eigenvalue weighted by molar-refractivity contribution is 5.67.